The summed E-state index contributed by atoms with van der Waals surface area (Å²) in [6, 6.07) is 5.85. The molecule has 0 bridgehead atoms. The van der Waals surface area contributed by atoms with Gasteiger partial charge in [-0.3, -0.25) is 0 Å². The third-order valence-electron chi connectivity index (χ3n) is 4.63. The highest BCUT2D eigenvalue weighted by Gasteiger charge is 2.43. The van der Waals surface area contributed by atoms with E-state index in [1.165, 1.54) is 18.2 Å². The van der Waals surface area contributed by atoms with Crippen LogP contribution in [0, 0.1) is 5.82 Å². The van der Waals surface area contributed by atoms with Crippen LogP contribution in [0.3, 0.4) is 0 Å². The Hall–Kier alpha value is -3.44. The van der Waals surface area contributed by atoms with Crippen molar-refractivity contribution in [1.82, 2.24) is 20.6 Å². The predicted molar refractivity (Wildman–Crippen MR) is 93.2 cm³/mol. The number of fused-ring (bicyclic) bond motifs is 1. The van der Waals surface area contributed by atoms with Gasteiger partial charge >= 0.3 is 12.4 Å². The zero-order valence-electron chi connectivity index (χ0n) is 15.3. The topological polar surface area (TPSA) is 67.6 Å². The number of halogens is 7. The van der Waals surface area contributed by atoms with Crippen LogP contribution in [0.15, 0.2) is 40.8 Å². The smallest absolute Gasteiger partial charge is 0.417 e. The van der Waals surface area contributed by atoms with Gasteiger partial charge in [0.05, 0.1) is 11.1 Å². The molecule has 4 rings (SSSR count). The van der Waals surface area contributed by atoms with Crippen molar-refractivity contribution >= 4 is 11.0 Å². The molecule has 0 spiro atoms. The molecular weight excluding hydrogens is 433 g/mol. The van der Waals surface area contributed by atoms with E-state index in [1.807, 2.05) is 0 Å². The quantitative estimate of drug-likeness (QED) is 0.418. The fourth-order valence-electron chi connectivity index (χ4n) is 3.18. The molecule has 0 aliphatic rings. The second kappa shape index (κ2) is 7.36. The summed E-state index contributed by atoms with van der Waals surface area (Å²) in [4.78, 5) is 0. The molecule has 0 aliphatic carbocycles. The predicted octanol–water partition coefficient (Wildman–Crippen LogP) is 5.57. The molecule has 2 aromatic carbocycles. The minimum absolute atomic E-state index is 0.00764. The van der Waals surface area contributed by atoms with E-state index in [-0.39, 0.29) is 35.6 Å². The van der Waals surface area contributed by atoms with Gasteiger partial charge < -0.3 is 4.42 Å². The van der Waals surface area contributed by atoms with Crippen LogP contribution in [0.2, 0.25) is 0 Å². The first kappa shape index (κ1) is 20.8. The molecule has 0 aliphatic heterocycles. The van der Waals surface area contributed by atoms with Gasteiger partial charge in [-0.15, -0.1) is 10.2 Å². The average molecular weight is 444 g/mol. The first-order chi connectivity index (χ1) is 14.5. The molecule has 4 aromatic rings. The Morgan fingerprint density at radius 3 is 2.26 bits per heavy atom. The van der Waals surface area contributed by atoms with Gasteiger partial charge in [0.1, 0.15) is 11.4 Å². The summed E-state index contributed by atoms with van der Waals surface area (Å²) < 4.78 is 97.9. The van der Waals surface area contributed by atoms with Crippen LogP contribution in [-0.2, 0) is 25.2 Å². The van der Waals surface area contributed by atoms with Crippen LogP contribution < -0.4 is 0 Å². The average Bonchev–Trinajstić information content (AvgIpc) is 3.33. The maximum absolute atomic E-state index is 14.4. The molecule has 2 heterocycles. The molecule has 0 saturated carbocycles. The number of nitrogens with zero attached hydrogens (tertiary/aromatic N) is 3. The van der Waals surface area contributed by atoms with Crippen LogP contribution in [0.4, 0.5) is 30.7 Å². The lowest BCUT2D eigenvalue weighted by atomic mass is 9.98. The molecule has 0 radical (unpaired) electrons. The Labute approximate surface area is 168 Å². The maximum Gasteiger partial charge on any atom is 0.417 e. The second-order valence-electron chi connectivity index (χ2n) is 6.70. The van der Waals surface area contributed by atoms with E-state index in [0.717, 1.165) is 6.07 Å². The number of alkyl halides is 6. The fraction of sp³-hybridized carbons (Fsp3) is 0.211. The zero-order chi connectivity index (χ0) is 22.4. The Bertz CT molecular complexity index is 1230. The number of tetrazole rings is 1. The van der Waals surface area contributed by atoms with E-state index in [4.69, 9.17) is 4.42 Å². The van der Waals surface area contributed by atoms with E-state index in [9.17, 15) is 30.7 Å². The first-order valence-corrected chi connectivity index (χ1v) is 8.75. The van der Waals surface area contributed by atoms with Gasteiger partial charge in [0, 0.05) is 5.39 Å². The molecule has 12 heteroatoms. The summed E-state index contributed by atoms with van der Waals surface area (Å²) in [6.45, 7) is 0. The van der Waals surface area contributed by atoms with Crippen LogP contribution in [0.1, 0.15) is 22.3 Å². The zero-order valence-corrected chi connectivity index (χ0v) is 15.3. The summed E-state index contributed by atoms with van der Waals surface area (Å²) in [5, 5.41) is 13.5. The minimum Gasteiger partial charge on any atom is -0.453 e. The van der Waals surface area contributed by atoms with Crippen molar-refractivity contribution in [3.8, 4) is 11.6 Å². The van der Waals surface area contributed by atoms with Gasteiger partial charge in [-0.25, -0.2) is 4.39 Å². The molecule has 2 aromatic heterocycles. The Balaban J connectivity index is 1.61. The molecule has 1 N–H and O–H groups in total. The van der Waals surface area contributed by atoms with Gasteiger partial charge in [-0.05, 0) is 59.5 Å². The lowest BCUT2D eigenvalue weighted by molar-refractivity contribution is -0.162. The summed E-state index contributed by atoms with van der Waals surface area (Å²) in [5.41, 5.74) is -3.12. The summed E-state index contributed by atoms with van der Waals surface area (Å²) in [6.07, 6.45) is -10.5. The van der Waals surface area contributed by atoms with Crippen molar-refractivity contribution in [1.29, 1.82) is 0 Å². The Kier molecular flexibility index (Phi) is 4.94. The molecule has 162 valence electrons. The molecule has 5 nitrogen and oxygen atoms in total. The van der Waals surface area contributed by atoms with Gasteiger partial charge in [0.25, 0.3) is 0 Å². The van der Waals surface area contributed by atoms with E-state index in [2.05, 4.69) is 20.6 Å². The summed E-state index contributed by atoms with van der Waals surface area (Å²) in [5.74, 6) is -0.239. The van der Waals surface area contributed by atoms with E-state index in [0.29, 0.717) is 23.1 Å². The van der Waals surface area contributed by atoms with Crippen LogP contribution >= 0.6 is 0 Å². The molecule has 0 unspecified atom stereocenters. The van der Waals surface area contributed by atoms with Gasteiger partial charge in [0.15, 0.2) is 5.76 Å². The first-order valence-electron chi connectivity index (χ1n) is 8.75. The van der Waals surface area contributed by atoms with E-state index >= 15 is 0 Å². The van der Waals surface area contributed by atoms with Crippen molar-refractivity contribution in [2.45, 2.75) is 25.2 Å². The largest absolute Gasteiger partial charge is 0.453 e. The molecule has 0 atom stereocenters. The van der Waals surface area contributed by atoms with E-state index in [1.54, 1.807) is 0 Å². The number of H-pyrrole nitrogens is 1. The van der Waals surface area contributed by atoms with Crippen molar-refractivity contribution in [2.75, 3.05) is 0 Å². The molecule has 31 heavy (non-hydrogen) atoms. The van der Waals surface area contributed by atoms with Crippen molar-refractivity contribution in [3.05, 3.63) is 64.5 Å². The number of benzene rings is 2. The van der Waals surface area contributed by atoms with Gasteiger partial charge in [-0.1, -0.05) is 6.07 Å². The highest BCUT2D eigenvalue weighted by atomic mass is 19.4. The second-order valence-corrected chi connectivity index (χ2v) is 6.70. The van der Waals surface area contributed by atoms with Gasteiger partial charge in [-0.2, -0.15) is 31.6 Å². The highest BCUT2D eigenvalue weighted by molar-refractivity contribution is 5.82. The van der Waals surface area contributed by atoms with Crippen LogP contribution in [0.5, 0.6) is 0 Å². The number of nitrogens with one attached hydrogen (secondary N) is 1. The number of hydrogen-bond acceptors (Lipinski definition) is 4. The normalized spacial score (nSPS) is 12.6. The highest BCUT2D eigenvalue weighted by Crippen LogP contribution is 2.40. The Morgan fingerprint density at radius 2 is 1.61 bits per heavy atom. The summed E-state index contributed by atoms with van der Waals surface area (Å²) in [7, 11) is 0. The van der Waals surface area contributed by atoms with Crippen molar-refractivity contribution in [3.63, 3.8) is 0 Å². The molecule has 0 saturated heterocycles. The van der Waals surface area contributed by atoms with Gasteiger partial charge in [0.2, 0.25) is 5.82 Å². The molecule has 0 fully saturated rings. The minimum atomic E-state index is -5.18. The van der Waals surface area contributed by atoms with Crippen LogP contribution in [0.25, 0.3) is 22.6 Å². The number of hydrogen-bond donors (Lipinski definition) is 1. The number of aromatic nitrogens is 4. The summed E-state index contributed by atoms with van der Waals surface area (Å²) >= 11 is 0. The van der Waals surface area contributed by atoms with E-state index < -0.39 is 29.3 Å². The number of furan rings is 1. The fourth-order valence-corrected chi connectivity index (χ4v) is 3.18. The number of aromatic amines is 1. The third kappa shape index (κ3) is 4.23. The third-order valence-corrected chi connectivity index (χ3v) is 4.63. The molecule has 0 amide bonds. The number of aryl methyl sites for hydroxylation is 2. The number of rotatable bonds is 4. The monoisotopic (exact) mass is 444 g/mol. The van der Waals surface area contributed by atoms with Crippen LogP contribution in [-0.4, -0.2) is 20.6 Å². The lowest BCUT2D eigenvalue weighted by Crippen LogP contribution is -2.17. The lowest BCUT2D eigenvalue weighted by Gasteiger charge is -2.16. The Morgan fingerprint density at radius 1 is 0.871 bits per heavy atom. The van der Waals surface area contributed by atoms with Crippen molar-refractivity contribution in [2.24, 2.45) is 0 Å². The maximum atomic E-state index is 14.4. The standard InChI is InChI=1S/C19H11F7N4O/c20-14-6-11-8-16(17-27-29-30-28-17)31-15(11)7-10(14)3-1-9-2-4-12(18(21,22)23)13(5-9)19(24,25)26/h2,4-8H,1,3H2,(H,27,28,29,30). The molecular formula is C19H11F7N4O. The van der Waals surface area contributed by atoms with Crippen molar-refractivity contribution < 1.29 is 35.2 Å². The SMILES string of the molecule is Fc1cc2cc(-c3nn[nH]n3)oc2cc1CCc1ccc(C(F)(F)F)c(C(F)(F)F)c1.